The van der Waals surface area contributed by atoms with Gasteiger partial charge in [0.2, 0.25) is 0 Å². The normalized spacial score (nSPS) is 22.6. The molecule has 0 amide bonds. The second kappa shape index (κ2) is 27.6. The van der Waals surface area contributed by atoms with E-state index in [0.717, 1.165) is 0 Å². The topological polar surface area (TPSA) is 0 Å². The quantitative estimate of drug-likeness (QED) is 0.307. The van der Waals surface area contributed by atoms with Crippen molar-refractivity contribution in [3.63, 3.8) is 0 Å². The molecular formula is C40H66. The first kappa shape index (κ1) is 34.6. The maximum atomic E-state index is 2.44. The zero-order valence-corrected chi connectivity index (χ0v) is 26.6. The number of hydrogen-bond acceptors (Lipinski definition) is 0. The van der Waals surface area contributed by atoms with Crippen LogP contribution < -0.4 is 0 Å². The molecule has 226 valence electrons. The fourth-order valence-electron chi connectivity index (χ4n) is 6.21. The van der Waals surface area contributed by atoms with E-state index in [1.54, 1.807) is 11.1 Å². The van der Waals surface area contributed by atoms with Crippen LogP contribution in [0.1, 0.15) is 180 Å². The van der Waals surface area contributed by atoms with Crippen LogP contribution in [0.25, 0.3) is 0 Å². The van der Waals surface area contributed by atoms with Gasteiger partial charge in [0.25, 0.3) is 0 Å². The standard InChI is InChI=1S/C40H66/c1-3-7-11-15-19-23-27-31-35-39(36-32-28-24-20-16-12-8-4-1)40-37-33-29-25-21-17-13-9-5-2-6-10-14-18-22-26-30-34-38-40/h19,21,23,25,27,29,31,33,35,37H,1-18,20,22,24,26,28,30,32,34,36,38H2. The summed E-state index contributed by atoms with van der Waals surface area (Å²) in [5, 5.41) is 0. The summed E-state index contributed by atoms with van der Waals surface area (Å²) in [6.45, 7) is 0. The lowest BCUT2D eigenvalue weighted by Gasteiger charge is -2.13. The lowest BCUT2D eigenvalue weighted by molar-refractivity contribution is 0.539. The summed E-state index contributed by atoms with van der Waals surface area (Å²) in [5.41, 5.74) is 3.16. The van der Waals surface area contributed by atoms with Crippen LogP contribution in [-0.4, -0.2) is 0 Å². The third-order valence-electron chi connectivity index (χ3n) is 8.86. The summed E-state index contributed by atoms with van der Waals surface area (Å²) in [7, 11) is 0. The van der Waals surface area contributed by atoms with Gasteiger partial charge in [0.1, 0.15) is 0 Å². The summed E-state index contributed by atoms with van der Waals surface area (Å²) in [6.07, 6.45) is 62.2. The van der Waals surface area contributed by atoms with Crippen molar-refractivity contribution >= 4 is 0 Å². The number of hydrogen-bond donors (Lipinski definition) is 0. The Kier molecular flexibility index (Phi) is 23.9. The van der Waals surface area contributed by atoms with Gasteiger partial charge in [-0.1, -0.05) is 189 Å². The molecule has 0 aliphatic heterocycles. The maximum Gasteiger partial charge on any atom is -0.0276 e. The van der Waals surface area contributed by atoms with Crippen molar-refractivity contribution in [3.8, 4) is 0 Å². The zero-order chi connectivity index (χ0) is 28.0. The van der Waals surface area contributed by atoms with Crippen molar-refractivity contribution in [1.82, 2.24) is 0 Å². The van der Waals surface area contributed by atoms with Gasteiger partial charge < -0.3 is 0 Å². The van der Waals surface area contributed by atoms with E-state index in [4.69, 9.17) is 0 Å². The van der Waals surface area contributed by atoms with Crippen molar-refractivity contribution in [1.29, 1.82) is 0 Å². The summed E-state index contributed by atoms with van der Waals surface area (Å²) in [4.78, 5) is 0. The second-order valence-corrected chi connectivity index (χ2v) is 12.6. The van der Waals surface area contributed by atoms with E-state index in [2.05, 4.69) is 60.8 Å². The van der Waals surface area contributed by atoms with Gasteiger partial charge in [-0.3, -0.25) is 0 Å². The van der Waals surface area contributed by atoms with Crippen LogP contribution >= 0.6 is 0 Å². The average Bonchev–Trinajstić information content (AvgIpc) is 2.96. The molecule has 2 aliphatic carbocycles. The summed E-state index contributed by atoms with van der Waals surface area (Å²) < 4.78 is 0. The molecule has 0 heteroatoms. The Hall–Kier alpha value is -1.56. The van der Waals surface area contributed by atoms with Gasteiger partial charge in [0.05, 0.1) is 0 Å². The fourth-order valence-corrected chi connectivity index (χ4v) is 6.21. The molecule has 0 aromatic carbocycles. The molecule has 0 aromatic heterocycles. The third-order valence-corrected chi connectivity index (χ3v) is 8.86. The first-order valence-electron chi connectivity index (χ1n) is 18.0. The van der Waals surface area contributed by atoms with E-state index in [1.807, 2.05) is 0 Å². The van der Waals surface area contributed by atoms with E-state index < -0.39 is 0 Å². The molecular weight excluding hydrogens is 480 g/mol. The molecule has 0 radical (unpaired) electrons. The first-order valence-corrected chi connectivity index (χ1v) is 18.0. The van der Waals surface area contributed by atoms with Gasteiger partial charge in [0.15, 0.2) is 0 Å². The number of rotatable bonds is 1. The minimum absolute atomic E-state index is 1.23. The molecule has 2 rings (SSSR count). The van der Waals surface area contributed by atoms with Gasteiger partial charge in [-0.2, -0.15) is 0 Å². The first-order chi connectivity index (χ1) is 20.0. The largest absolute Gasteiger partial charge is 0.0845 e. The smallest absolute Gasteiger partial charge is 0.0276 e. The molecule has 0 aromatic rings. The van der Waals surface area contributed by atoms with Crippen LogP contribution in [0.3, 0.4) is 0 Å². The Balaban J connectivity index is 2.05. The lowest BCUT2D eigenvalue weighted by Crippen LogP contribution is -1.93. The highest BCUT2D eigenvalue weighted by Gasteiger charge is 2.06. The maximum absolute atomic E-state index is 2.44. The van der Waals surface area contributed by atoms with Gasteiger partial charge in [-0.05, 0) is 62.5 Å². The molecule has 0 atom stereocenters. The highest BCUT2D eigenvalue weighted by Crippen LogP contribution is 2.25. The molecule has 0 bridgehead atoms. The van der Waals surface area contributed by atoms with Gasteiger partial charge in [0, 0.05) is 0 Å². The Morgan fingerprint density at radius 2 is 0.525 bits per heavy atom. The van der Waals surface area contributed by atoms with E-state index in [0.29, 0.717) is 0 Å². The van der Waals surface area contributed by atoms with Crippen LogP contribution in [0, 0.1) is 0 Å². The Labute approximate surface area is 251 Å². The summed E-state index contributed by atoms with van der Waals surface area (Å²) in [5.74, 6) is 0. The molecule has 0 saturated carbocycles. The SMILES string of the molecule is C1=CC=C(C2=CC=CC=CCCCCCCCCCCCCCC2)CCCCCCCCCCCCCCC=C1. The molecule has 0 heterocycles. The molecule has 0 saturated heterocycles. The van der Waals surface area contributed by atoms with Crippen molar-refractivity contribution in [3.05, 3.63) is 71.9 Å². The van der Waals surface area contributed by atoms with E-state index >= 15 is 0 Å². The van der Waals surface area contributed by atoms with Crippen molar-refractivity contribution < 1.29 is 0 Å². The Morgan fingerprint density at radius 1 is 0.250 bits per heavy atom. The monoisotopic (exact) mass is 547 g/mol. The molecule has 2 aliphatic rings. The minimum Gasteiger partial charge on any atom is -0.0845 e. The van der Waals surface area contributed by atoms with Crippen LogP contribution in [0.5, 0.6) is 0 Å². The van der Waals surface area contributed by atoms with E-state index in [9.17, 15) is 0 Å². The van der Waals surface area contributed by atoms with Crippen LogP contribution in [0.15, 0.2) is 71.9 Å². The van der Waals surface area contributed by atoms with Crippen molar-refractivity contribution in [2.75, 3.05) is 0 Å². The minimum atomic E-state index is 1.23. The summed E-state index contributed by atoms with van der Waals surface area (Å²) in [6, 6.07) is 0. The van der Waals surface area contributed by atoms with E-state index in [-0.39, 0.29) is 0 Å². The molecule has 0 nitrogen and oxygen atoms in total. The second-order valence-electron chi connectivity index (χ2n) is 12.6. The van der Waals surface area contributed by atoms with Crippen LogP contribution in [0.4, 0.5) is 0 Å². The van der Waals surface area contributed by atoms with Crippen LogP contribution in [0.2, 0.25) is 0 Å². The molecule has 0 unspecified atom stereocenters. The van der Waals surface area contributed by atoms with Crippen molar-refractivity contribution in [2.24, 2.45) is 0 Å². The van der Waals surface area contributed by atoms with Crippen molar-refractivity contribution in [2.45, 2.75) is 180 Å². The average molecular weight is 547 g/mol. The van der Waals surface area contributed by atoms with Crippen LogP contribution in [-0.2, 0) is 0 Å². The summed E-state index contributed by atoms with van der Waals surface area (Å²) >= 11 is 0. The van der Waals surface area contributed by atoms with Gasteiger partial charge >= 0.3 is 0 Å². The van der Waals surface area contributed by atoms with E-state index in [1.165, 1.54) is 180 Å². The van der Waals surface area contributed by atoms with Gasteiger partial charge in [-0.25, -0.2) is 0 Å². The molecule has 40 heavy (non-hydrogen) atoms. The Morgan fingerprint density at radius 3 is 0.850 bits per heavy atom. The highest BCUT2D eigenvalue weighted by atomic mass is 14.1. The predicted octanol–water partition coefficient (Wildman–Crippen LogP) is 14.0. The lowest BCUT2D eigenvalue weighted by atomic mass is 9.93. The predicted molar refractivity (Wildman–Crippen MR) is 182 cm³/mol. The number of allylic oxidation sites excluding steroid dienone is 12. The highest BCUT2D eigenvalue weighted by molar-refractivity contribution is 5.37. The molecule has 0 spiro atoms. The molecule has 0 N–H and O–H groups in total. The van der Waals surface area contributed by atoms with Gasteiger partial charge in [-0.15, -0.1) is 0 Å². The third kappa shape index (κ3) is 21.2. The zero-order valence-electron chi connectivity index (χ0n) is 26.6. The Bertz CT molecular complexity index is 676. The fraction of sp³-hybridized carbons (Fsp3) is 0.700. The molecule has 0 fully saturated rings.